The van der Waals surface area contributed by atoms with Gasteiger partial charge in [-0.25, -0.2) is 4.79 Å². The Hall–Kier alpha value is -2.02. The largest absolute Gasteiger partial charge is 0.329 e. The fourth-order valence-electron chi connectivity index (χ4n) is 2.66. The van der Waals surface area contributed by atoms with Crippen LogP contribution in [0, 0.1) is 24.2 Å². The molecule has 1 heterocycles. The minimum atomic E-state index is -0.426. The summed E-state index contributed by atoms with van der Waals surface area (Å²) in [6.45, 7) is 7.31. The number of amides is 2. The van der Waals surface area contributed by atoms with Gasteiger partial charge in [-0.05, 0) is 39.2 Å². The summed E-state index contributed by atoms with van der Waals surface area (Å²) in [6, 6.07) is 10.4. The van der Waals surface area contributed by atoms with Gasteiger partial charge in [0.05, 0.1) is 17.5 Å². The van der Waals surface area contributed by atoms with Crippen molar-refractivity contribution in [1.82, 2.24) is 10.2 Å². The molecule has 0 bridgehead atoms. The molecule has 1 saturated heterocycles. The lowest BCUT2D eigenvalue weighted by Gasteiger charge is -2.34. The predicted molar refractivity (Wildman–Crippen MR) is 82.6 cm³/mol. The molecule has 0 saturated carbocycles. The second-order valence-corrected chi connectivity index (χ2v) is 6.34. The molecule has 2 rings (SSSR count). The van der Waals surface area contributed by atoms with Crippen LogP contribution in [0.15, 0.2) is 24.3 Å². The highest BCUT2D eigenvalue weighted by Crippen LogP contribution is 2.22. The summed E-state index contributed by atoms with van der Waals surface area (Å²) in [5.74, 6) is -0.0352. The van der Waals surface area contributed by atoms with Gasteiger partial charge in [-0.1, -0.05) is 29.8 Å². The van der Waals surface area contributed by atoms with Gasteiger partial charge < -0.3 is 10.2 Å². The molecule has 1 unspecified atom stereocenters. The van der Waals surface area contributed by atoms with Gasteiger partial charge in [0, 0.05) is 13.1 Å². The molecule has 1 aliphatic heterocycles. The van der Waals surface area contributed by atoms with Gasteiger partial charge >= 0.3 is 6.03 Å². The zero-order valence-corrected chi connectivity index (χ0v) is 13.0. The van der Waals surface area contributed by atoms with Gasteiger partial charge in [-0.2, -0.15) is 5.26 Å². The van der Waals surface area contributed by atoms with Crippen molar-refractivity contribution in [2.75, 3.05) is 13.1 Å². The topological polar surface area (TPSA) is 56.1 Å². The Labute approximate surface area is 126 Å². The molecular weight excluding hydrogens is 262 g/mol. The van der Waals surface area contributed by atoms with Crippen LogP contribution in [0.1, 0.15) is 37.8 Å². The fourth-order valence-corrected chi connectivity index (χ4v) is 2.66. The molecule has 1 aromatic rings. The van der Waals surface area contributed by atoms with Gasteiger partial charge in [0.2, 0.25) is 0 Å². The van der Waals surface area contributed by atoms with Gasteiger partial charge in [-0.15, -0.1) is 0 Å². The van der Waals surface area contributed by atoms with Crippen molar-refractivity contribution in [1.29, 1.82) is 5.26 Å². The fraction of sp³-hybridized carbons (Fsp3) is 0.529. The van der Waals surface area contributed by atoms with Gasteiger partial charge in [-0.3, -0.25) is 0 Å². The summed E-state index contributed by atoms with van der Waals surface area (Å²) in [6.07, 6.45) is 1.79. The molecule has 1 fully saturated rings. The lowest BCUT2D eigenvalue weighted by atomic mass is 9.93. The van der Waals surface area contributed by atoms with Crippen LogP contribution in [-0.4, -0.2) is 24.0 Å². The van der Waals surface area contributed by atoms with Crippen LogP contribution in [0.2, 0.25) is 0 Å². The van der Waals surface area contributed by atoms with Gasteiger partial charge in [0.25, 0.3) is 0 Å². The van der Waals surface area contributed by atoms with E-state index in [4.69, 9.17) is 5.26 Å². The molecule has 112 valence electrons. The molecule has 0 aliphatic carbocycles. The summed E-state index contributed by atoms with van der Waals surface area (Å²) < 4.78 is 0. The quantitative estimate of drug-likeness (QED) is 0.907. The Bertz CT molecular complexity index is 542. The molecule has 1 N–H and O–H groups in total. The van der Waals surface area contributed by atoms with Crippen LogP contribution >= 0.6 is 0 Å². The number of benzene rings is 1. The minimum absolute atomic E-state index is 0.0352. The third kappa shape index (κ3) is 3.75. The zero-order valence-electron chi connectivity index (χ0n) is 13.0. The number of aryl methyl sites for hydroxylation is 1. The van der Waals surface area contributed by atoms with Crippen LogP contribution < -0.4 is 5.32 Å². The Kier molecular flexibility index (Phi) is 4.52. The van der Waals surface area contributed by atoms with Crippen molar-refractivity contribution in [2.24, 2.45) is 5.92 Å². The first-order chi connectivity index (χ1) is 9.92. The number of piperidine rings is 1. The third-order valence-corrected chi connectivity index (χ3v) is 4.08. The lowest BCUT2D eigenvalue weighted by molar-refractivity contribution is 0.166. The first-order valence-electron chi connectivity index (χ1n) is 7.46. The molecular formula is C17H23N3O. The van der Waals surface area contributed by atoms with Crippen molar-refractivity contribution >= 4 is 6.03 Å². The van der Waals surface area contributed by atoms with Crippen LogP contribution in [0.3, 0.4) is 0 Å². The van der Waals surface area contributed by atoms with E-state index < -0.39 is 5.54 Å². The third-order valence-electron chi connectivity index (χ3n) is 4.08. The minimum Gasteiger partial charge on any atom is -0.329 e. The molecule has 2 amide bonds. The monoisotopic (exact) mass is 285 g/mol. The molecule has 0 aromatic heterocycles. The lowest BCUT2D eigenvalue weighted by Crippen LogP contribution is -2.51. The zero-order chi connectivity index (χ0) is 15.5. The van der Waals surface area contributed by atoms with E-state index in [1.807, 2.05) is 32.9 Å². The van der Waals surface area contributed by atoms with E-state index in [2.05, 4.69) is 23.5 Å². The maximum atomic E-state index is 12.4. The number of carbonyl (C=O) groups is 1. The van der Waals surface area contributed by atoms with Crippen LogP contribution in [0.25, 0.3) is 0 Å². The number of hydrogen-bond acceptors (Lipinski definition) is 2. The summed E-state index contributed by atoms with van der Waals surface area (Å²) in [7, 11) is 0. The van der Waals surface area contributed by atoms with Crippen molar-refractivity contribution in [3.63, 3.8) is 0 Å². The number of carbonyl (C=O) groups excluding carboxylic acids is 1. The summed E-state index contributed by atoms with van der Waals surface area (Å²) >= 11 is 0. The molecule has 1 aliphatic rings. The number of nitrogens with zero attached hydrogens (tertiary/aromatic N) is 2. The SMILES string of the molecule is Cc1ccc(C(C)(C)NC(=O)N2CCCC(C#N)C2)cc1. The van der Waals surface area contributed by atoms with E-state index in [1.54, 1.807) is 4.90 Å². The molecule has 4 heteroatoms. The molecule has 1 atom stereocenters. The average molecular weight is 285 g/mol. The Morgan fingerprint density at radius 1 is 1.38 bits per heavy atom. The number of hydrogen-bond donors (Lipinski definition) is 1. The Balaban J connectivity index is 2.04. The summed E-state index contributed by atoms with van der Waals surface area (Å²) in [5, 5.41) is 12.1. The normalized spacial score (nSPS) is 19.0. The Morgan fingerprint density at radius 2 is 2.05 bits per heavy atom. The maximum absolute atomic E-state index is 12.4. The first kappa shape index (κ1) is 15.4. The number of rotatable bonds is 2. The second-order valence-electron chi connectivity index (χ2n) is 6.34. The molecule has 0 radical (unpaired) electrons. The second kappa shape index (κ2) is 6.17. The van der Waals surface area contributed by atoms with E-state index in [0.29, 0.717) is 6.54 Å². The van der Waals surface area contributed by atoms with Crippen molar-refractivity contribution in [2.45, 2.75) is 39.2 Å². The number of urea groups is 1. The van der Waals surface area contributed by atoms with E-state index >= 15 is 0 Å². The van der Waals surface area contributed by atoms with Gasteiger partial charge in [0.15, 0.2) is 0 Å². The van der Waals surface area contributed by atoms with Crippen LogP contribution in [0.4, 0.5) is 4.79 Å². The standard InChI is InChI=1S/C17H23N3O/c1-13-6-8-15(9-7-13)17(2,3)19-16(21)20-10-4-5-14(11-18)12-20/h6-9,14H,4-5,10,12H2,1-3H3,(H,19,21). The average Bonchev–Trinajstić information content (AvgIpc) is 2.47. The van der Waals surface area contributed by atoms with Gasteiger partial charge in [0.1, 0.15) is 0 Å². The smallest absolute Gasteiger partial charge is 0.318 e. The van der Waals surface area contributed by atoms with Crippen molar-refractivity contribution in [3.8, 4) is 6.07 Å². The molecule has 0 spiro atoms. The van der Waals surface area contributed by atoms with E-state index in [1.165, 1.54) is 5.56 Å². The summed E-state index contributed by atoms with van der Waals surface area (Å²) in [5.41, 5.74) is 1.86. The molecule has 4 nitrogen and oxygen atoms in total. The van der Waals surface area contributed by atoms with Crippen molar-refractivity contribution < 1.29 is 4.79 Å². The number of likely N-dealkylation sites (tertiary alicyclic amines) is 1. The number of nitriles is 1. The highest BCUT2D eigenvalue weighted by molar-refractivity contribution is 5.75. The first-order valence-corrected chi connectivity index (χ1v) is 7.46. The predicted octanol–water partition coefficient (Wildman–Crippen LogP) is 3.18. The Morgan fingerprint density at radius 3 is 2.67 bits per heavy atom. The molecule has 1 aromatic carbocycles. The van der Waals surface area contributed by atoms with E-state index in [-0.39, 0.29) is 11.9 Å². The highest BCUT2D eigenvalue weighted by Gasteiger charge is 2.28. The van der Waals surface area contributed by atoms with Crippen LogP contribution in [-0.2, 0) is 5.54 Å². The van der Waals surface area contributed by atoms with Crippen molar-refractivity contribution in [3.05, 3.63) is 35.4 Å². The highest BCUT2D eigenvalue weighted by atomic mass is 16.2. The van der Waals surface area contributed by atoms with Crippen LogP contribution in [0.5, 0.6) is 0 Å². The molecule has 21 heavy (non-hydrogen) atoms. The van der Waals surface area contributed by atoms with E-state index in [9.17, 15) is 4.79 Å². The number of nitrogens with one attached hydrogen (secondary N) is 1. The summed E-state index contributed by atoms with van der Waals surface area (Å²) in [4.78, 5) is 14.2. The maximum Gasteiger partial charge on any atom is 0.318 e. The van der Waals surface area contributed by atoms with E-state index in [0.717, 1.165) is 24.9 Å².